The minimum absolute atomic E-state index is 0.198. The van der Waals surface area contributed by atoms with Crippen LogP contribution in [0.4, 0.5) is 4.39 Å². The van der Waals surface area contributed by atoms with Crippen molar-refractivity contribution in [2.45, 2.75) is 39.8 Å². The third-order valence-corrected chi connectivity index (χ3v) is 5.07. The molecule has 7 heteroatoms. The van der Waals surface area contributed by atoms with Crippen LogP contribution >= 0.6 is 23.2 Å². The molecule has 0 atom stereocenters. The van der Waals surface area contributed by atoms with E-state index in [0.717, 1.165) is 30.7 Å². The van der Waals surface area contributed by atoms with Gasteiger partial charge in [0, 0.05) is 24.2 Å². The largest absolute Gasteiger partial charge is 0.331 e. The lowest BCUT2D eigenvalue weighted by Gasteiger charge is -2.23. The van der Waals surface area contributed by atoms with Crippen molar-refractivity contribution in [3.63, 3.8) is 0 Å². The summed E-state index contributed by atoms with van der Waals surface area (Å²) >= 11 is 12.3. The van der Waals surface area contributed by atoms with E-state index in [-0.39, 0.29) is 11.7 Å². The zero-order valence-electron chi connectivity index (χ0n) is 15.9. The normalized spacial score (nSPS) is 11.2. The second kappa shape index (κ2) is 8.93. The number of imidazole rings is 1. The number of carbonyl (C=O) groups excluding carboxylic acids is 1. The van der Waals surface area contributed by atoms with Crippen LogP contribution < -0.4 is 0 Å². The number of hydrogen-bond donors (Lipinski definition) is 0. The third-order valence-electron chi connectivity index (χ3n) is 4.51. The van der Waals surface area contributed by atoms with Gasteiger partial charge in [-0.3, -0.25) is 4.79 Å². The SMILES string of the molecule is CCCN(Cc1nc2cc(F)ccc2n1CCC)C(=O)c1cc(Cl)ccc1Cl. The van der Waals surface area contributed by atoms with Gasteiger partial charge in [0.15, 0.2) is 0 Å². The molecule has 0 aliphatic heterocycles. The number of hydrogen-bond acceptors (Lipinski definition) is 2. The zero-order valence-corrected chi connectivity index (χ0v) is 17.4. The van der Waals surface area contributed by atoms with Crippen LogP contribution in [-0.2, 0) is 13.1 Å². The fourth-order valence-electron chi connectivity index (χ4n) is 3.27. The molecule has 0 bridgehead atoms. The quantitative estimate of drug-likeness (QED) is 0.472. The molecule has 0 saturated carbocycles. The van der Waals surface area contributed by atoms with E-state index in [2.05, 4.69) is 11.9 Å². The number of halogens is 3. The average Bonchev–Trinajstić information content (AvgIpc) is 2.99. The van der Waals surface area contributed by atoms with Gasteiger partial charge in [0.1, 0.15) is 11.6 Å². The fraction of sp³-hybridized carbons (Fsp3) is 0.333. The number of carbonyl (C=O) groups is 1. The predicted octanol–water partition coefficient (Wildman–Crippen LogP) is 5.94. The minimum atomic E-state index is -0.326. The summed E-state index contributed by atoms with van der Waals surface area (Å²) in [7, 11) is 0. The molecule has 0 spiro atoms. The molecular formula is C21H22Cl2FN3O. The summed E-state index contributed by atoms with van der Waals surface area (Å²) in [6.45, 7) is 5.67. The number of aromatic nitrogens is 2. The van der Waals surface area contributed by atoms with Gasteiger partial charge in [-0.15, -0.1) is 0 Å². The Kier molecular flexibility index (Phi) is 6.57. The van der Waals surface area contributed by atoms with Crippen LogP contribution in [0, 0.1) is 5.82 Å². The molecule has 28 heavy (non-hydrogen) atoms. The van der Waals surface area contributed by atoms with Gasteiger partial charge in [0.25, 0.3) is 5.91 Å². The smallest absolute Gasteiger partial charge is 0.255 e. The Labute approximate surface area is 173 Å². The number of amides is 1. The molecule has 0 aliphatic carbocycles. The van der Waals surface area contributed by atoms with Crippen molar-refractivity contribution in [1.82, 2.24) is 14.5 Å². The van der Waals surface area contributed by atoms with E-state index in [0.29, 0.717) is 34.2 Å². The lowest BCUT2D eigenvalue weighted by molar-refractivity contribution is 0.0737. The summed E-state index contributed by atoms with van der Waals surface area (Å²) < 4.78 is 15.7. The highest BCUT2D eigenvalue weighted by Crippen LogP contribution is 2.24. The second-order valence-electron chi connectivity index (χ2n) is 6.66. The lowest BCUT2D eigenvalue weighted by atomic mass is 10.2. The number of fused-ring (bicyclic) bond motifs is 1. The van der Waals surface area contributed by atoms with Crippen LogP contribution in [-0.4, -0.2) is 26.9 Å². The van der Waals surface area contributed by atoms with E-state index in [1.54, 1.807) is 29.2 Å². The Morgan fingerprint density at radius 2 is 1.93 bits per heavy atom. The summed E-state index contributed by atoms with van der Waals surface area (Å²) in [5, 5.41) is 0.817. The monoisotopic (exact) mass is 421 g/mol. The van der Waals surface area contributed by atoms with Crippen molar-refractivity contribution in [2.75, 3.05) is 6.54 Å². The molecular weight excluding hydrogens is 400 g/mol. The Balaban J connectivity index is 1.99. The maximum absolute atomic E-state index is 13.6. The first-order valence-corrected chi connectivity index (χ1v) is 10.1. The summed E-state index contributed by atoms with van der Waals surface area (Å²) in [6, 6.07) is 9.44. The zero-order chi connectivity index (χ0) is 20.3. The molecule has 4 nitrogen and oxygen atoms in total. The maximum Gasteiger partial charge on any atom is 0.255 e. The number of aryl methyl sites for hydroxylation is 1. The van der Waals surface area contributed by atoms with Gasteiger partial charge in [-0.2, -0.15) is 0 Å². The van der Waals surface area contributed by atoms with Crippen LogP contribution in [0.25, 0.3) is 11.0 Å². The molecule has 0 N–H and O–H groups in total. The molecule has 2 aromatic carbocycles. The summed E-state index contributed by atoms with van der Waals surface area (Å²) in [5.74, 6) is 0.199. The molecule has 0 radical (unpaired) electrons. The first-order valence-electron chi connectivity index (χ1n) is 9.33. The van der Waals surface area contributed by atoms with Gasteiger partial charge in [-0.1, -0.05) is 37.0 Å². The summed E-state index contributed by atoms with van der Waals surface area (Å²) in [5.41, 5.74) is 1.82. The molecule has 3 rings (SSSR count). The van der Waals surface area contributed by atoms with Gasteiger partial charge in [0.2, 0.25) is 0 Å². The van der Waals surface area contributed by atoms with Crippen LogP contribution in [0.1, 0.15) is 42.9 Å². The molecule has 0 saturated heterocycles. The molecule has 0 fully saturated rings. The third kappa shape index (κ3) is 4.31. The molecule has 1 aromatic heterocycles. The molecule has 148 valence electrons. The molecule has 0 unspecified atom stereocenters. The van der Waals surface area contributed by atoms with E-state index >= 15 is 0 Å². The number of nitrogens with zero attached hydrogens (tertiary/aromatic N) is 3. The lowest BCUT2D eigenvalue weighted by Crippen LogP contribution is -2.32. The van der Waals surface area contributed by atoms with E-state index in [1.807, 2.05) is 11.5 Å². The first-order chi connectivity index (χ1) is 13.4. The summed E-state index contributed by atoms with van der Waals surface area (Å²) in [6.07, 6.45) is 1.68. The highest BCUT2D eigenvalue weighted by molar-refractivity contribution is 6.35. The fourth-order valence-corrected chi connectivity index (χ4v) is 3.64. The van der Waals surface area contributed by atoms with E-state index in [4.69, 9.17) is 23.2 Å². The van der Waals surface area contributed by atoms with Crippen LogP contribution in [0.3, 0.4) is 0 Å². The Hall–Kier alpha value is -2.11. The van der Waals surface area contributed by atoms with Crippen molar-refractivity contribution in [3.8, 4) is 0 Å². The van der Waals surface area contributed by atoms with E-state index in [1.165, 1.54) is 12.1 Å². The van der Waals surface area contributed by atoms with E-state index < -0.39 is 0 Å². The Morgan fingerprint density at radius 1 is 1.14 bits per heavy atom. The second-order valence-corrected chi connectivity index (χ2v) is 7.51. The maximum atomic E-state index is 13.6. The van der Waals surface area contributed by atoms with Crippen molar-refractivity contribution in [2.24, 2.45) is 0 Å². The van der Waals surface area contributed by atoms with Gasteiger partial charge in [0.05, 0.1) is 28.2 Å². The van der Waals surface area contributed by atoms with Gasteiger partial charge < -0.3 is 9.47 Å². The van der Waals surface area contributed by atoms with Gasteiger partial charge >= 0.3 is 0 Å². The Morgan fingerprint density at radius 3 is 2.64 bits per heavy atom. The molecule has 0 aliphatic rings. The number of benzene rings is 2. The number of rotatable bonds is 7. The average molecular weight is 422 g/mol. The van der Waals surface area contributed by atoms with Gasteiger partial charge in [-0.05, 0) is 43.2 Å². The summed E-state index contributed by atoms with van der Waals surface area (Å²) in [4.78, 5) is 19.4. The standard InChI is InChI=1S/C21H22Cl2FN3O/c1-3-9-26(21(28)16-11-14(22)5-7-17(16)23)13-20-25-18-12-15(24)6-8-19(18)27(20)10-4-2/h5-8,11-12H,3-4,9-10,13H2,1-2H3. The van der Waals surface area contributed by atoms with Crippen LogP contribution in [0.15, 0.2) is 36.4 Å². The Bertz CT molecular complexity index is 1000. The highest BCUT2D eigenvalue weighted by Gasteiger charge is 2.21. The van der Waals surface area contributed by atoms with Crippen molar-refractivity contribution in [3.05, 3.63) is 63.6 Å². The molecule has 1 amide bonds. The van der Waals surface area contributed by atoms with Crippen molar-refractivity contribution < 1.29 is 9.18 Å². The minimum Gasteiger partial charge on any atom is -0.331 e. The predicted molar refractivity (Wildman–Crippen MR) is 111 cm³/mol. The van der Waals surface area contributed by atoms with Crippen LogP contribution in [0.2, 0.25) is 10.0 Å². The van der Waals surface area contributed by atoms with Crippen molar-refractivity contribution >= 4 is 40.1 Å². The molecule has 3 aromatic rings. The molecule has 1 heterocycles. The van der Waals surface area contributed by atoms with E-state index in [9.17, 15) is 9.18 Å². The van der Waals surface area contributed by atoms with Gasteiger partial charge in [-0.25, -0.2) is 9.37 Å². The topological polar surface area (TPSA) is 38.1 Å². The highest BCUT2D eigenvalue weighted by atomic mass is 35.5. The first kappa shape index (κ1) is 20.6. The van der Waals surface area contributed by atoms with Crippen LogP contribution in [0.5, 0.6) is 0 Å². The van der Waals surface area contributed by atoms with Crippen molar-refractivity contribution in [1.29, 1.82) is 0 Å².